The zero-order valence-corrected chi connectivity index (χ0v) is 13.6. The summed E-state index contributed by atoms with van der Waals surface area (Å²) in [5.41, 5.74) is 1.04. The first-order valence-corrected chi connectivity index (χ1v) is 7.62. The van der Waals surface area contributed by atoms with Crippen LogP contribution >= 0.6 is 0 Å². The summed E-state index contributed by atoms with van der Waals surface area (Å²) in [5.74, 6) is 0.0101. The lowest BCUT2D eigenvalue weighted by molar-refractivity contribution is -0.122. The van der Waals surface area contributed by atoms with Gasteiger partial charge in [-0.2, -0.15) is 0 Å². The van der Waals surface area contributed by atoms with Crippen LogP contribution in [0.3, 0.4) is 0 Å². The number of carbonyl (C=O) groups is 2. The van der Waals surface area contributed by atoms with Crippen LogP contribution in [0.1, 0.15) is 31.3 Å². The Labute approximate surface area is 135 Å². The molecule has 23 heavy (non-hydrogen) atoms. The average molecular weight is 315 g/mol. The minimum Gasteiger partial charge on any atom is -0.355 e. The topological polar surface area (TPSA) is 75.4 Å². The first-order chi connectivity index (χ1) is 11.0. The molecule has 0 spiro atoms. The van der Waals surface area contributed by atoms with Crippen molar-refractivity contribution in [2.45, 2.75) is 26.8 Å². The summed E-state index contributed by atoms with van der Waals surface area (Å²) in [5, 5.41) is 6.60. The molecule has 2 rings (SSSR count). The molecule has 0 fully saturated rings. The normalized spacial score (nSPS) is 10.6. The molecule has 0 saturated heterocycles. The van der Waals surface area contributed by atoms with E-state index in [1.807, 2.05) is 51.1 Å². The van der Waals surface area contributed by atoms with Gasteiger partial charge in [-0.1, -0.05) is 35.5 Å². The zero-order valence-electron chi connectivity index (χ0n) is 13.6. The first kappa shape index (κ1) is 16.7. The molecule has 1 N–H and O–H groups in total. The monoisotopic (exact) mass is 315 g/mol. The van der Waals surface area contributed by atoms with E-state index in [2.05, 4.69) is 10.5 Å². The van der Waals surface area contributed by atoms with Crippen LogP contribution in [-0.4, -0.2) is 41.0 Å². The van der Waals surface area contributed by atoms with E-state index in [4.69, 9.17) is 4.52 Å². The lowest BCUT2D eigenvalue weighted by Gasteiger charge is -2.19. The second-order valence-corrected chi connectivity index (χ2v) is 5.48. The van der Waals surface area contributed by atoms with Crippen molar-refractivity contribution in [1.29, 1.82) is 0 Å². The van der Waals surface area contributed by atoms with E-state index in [0.29, 0.717) is 12.3 Å². The van der Waals surface area contributed by atoms with Crippen molar-refractivity contribution in [3.05, 3.63) is 42.1 Å². The number of nitrogens with one attached hydrogen (secondary N) is 1. The Kier molecular flexibility index (Phi) is 5.51. The Morgan fingerprint density at radius 1 is 1.26 bits per heavy atom. The second-order valence-electron chi connectivity index (χ2n) is 5.48. The van der Waals surface area contributed by atoms with Gasteiger partial charge in [0.05, 0.1) is 6.54 Å². The summed E-state index contributed by atoms with van der Waals surface area (Å²) < 4.78 is 5.24. The number of hydrogen-bond acceptors (Lipinski definition) is 4. The fourth-order valence-electron chi connectivity index (χ4n) is 2.14. The van der Waals surface area contributed by atoms with Gasteiger partial charge in [-0.15, -0.1) is 0 Å². The quantitative estimate of drug-likeness (QED) is 0.887. The summed E-state index contributed by atoms with van der Waals surface area (Å²) in [6.07, 6.45) is 0. The van der Waals surface area contributed by atoms with E-state index in [1.54, 1.807) is 6.07 Å². The molecule has 0 aliphatic heterocycles. The number of amides is 2. The van der Waals surface area contributed by atoms with Crippen molar-refractivity contribution in [2.24, 2.45) is 0 Å². The Morgan fingerprint density at radius 3 is 2.57 bits per heavy atom. The molecule has 0 bridgehead atoms. The highest BCUT2D eigenvalue weighted by Crippen LogP contribution is 2.20. The van der Waals surface area contributed by atoms with Crippen LogP contribution in [0.2, 0.25) is 0 Å². The van der Waals surface area contributed by atoms with Crippen LogP contribution in [0.15, 0.2) is 40.9 Å². The van der Waals surface area contributed by atoms with E-state index in [1.165, 1.54) is 4.90 Å². The number of hydrogen-bond donors (Lipinski definition) is 1. The number of carbonyl (C=O) groups excluding carboxylic acids is 2. The van der Waals surface area contributed by atoms with E-state index >= 15 is 0 Å². The molecule has 6 heteroatoms. The van der Waals surface area contributed by atoms with Crippen LogP contribution < -0.4 is 5.32 Å². The Bertz CT molecular complexity index is 665. The van der Waals surface area contributed by atoms with Gasteiger partial charge in [0.25, 0.3) is 5.91 Å². The van der Waals surface area contributed by atoms with Gasteiger partial charge in [0.15, 0.2) is 11.5 Å². The summed E-state index contributed by atoms with van der Waals surface area (Å²) in [6, 6.07) is 11.1. The van der Waals surface area contributed by atoms with Gasteiger partial charge in [0, 0.05) is 24.2 Å². The largest absolute Gasteiger partial charge is 0.355 e. The van der Waals surface area contributed by atoms with Gasteiger partial charge in [0.2, 0.25) is 5.91 Å². The number of nitrogens with zero attached hydrogens (tertiary/aromatic N) is 2. The highest BCUT2D eigenvalue weighted by molar-refractivity contribution is 5.95. The van der Waals surface area contributed by atoms with Gasteiger partial charge >= 0.3 is 0 Å². The van der Waals surface area contributed by atoms with Gasteiger partial charge in [-0.05, 0) is 20.8 Å². The fraction of sp³-hybridized carbons (Fsp3) is 0.353. The summed E-state index contributed by atoms with van der Waals surface area (Å²) in [4.78, 5) is 25.7. The highest BCUT2D eigenvalue weighted by atomic mass is 16.5. The third kappa shape index (κ3) is 4.42. The summed E-state index contributed by atoms with van der Waals surface area (Å²) in [6.45, 7) is 5.98. The molecule has 0 unspecified atom stereocenters. The minimum absolute atomic E-state index is 0.00104. The fourth-order valence-corrected chi connectivity index (χ4v) is 2.14. The zero-order chi connectivity index (χ0) is 16.8. The van der Waals surface area contributed by atoms with E-state index in [9.17, 15) is 9.59 Å². The van der Waals surface area contributed by atoms with Crippen LogP contribution in [0.25, 0.3) is 11.3 Å². The molecule has 6 nitrogen and oxygen atoms in total. The highest BCUT2D eigenvalue weighted by Gasteiger charge is 2.21. The third-order valence-electron chi connectivity index (χ3n) is 3.24. The van der Waals surface area contributed by atoms with E-state index in [-0.39, 0.29) is 30.1 Å². The van der Waals surface area contributed by atoms with Crippen molar-refractivity contribution in [1.82, 2.24) is 15.4 Å². The number of likely N-dealkylation sites (N-methyl/N-ethyl adjacent to an activating group) is 1. The van der Waals surface area contributed by atoms with Crippen molar-refractivity contribution in [3.63, 3.8) is 0 Å². The minimum atomic E-state index is -0.322. The van der Waals surface area contributed by atoms with Crippen molar-refractivity contribution in [2.75, 3.05) is 13.1 Å². The molecule has 1 aromatic heterocycles. The summed E-state index contributed by atoms with van der Waals surface area (Å²) in [7, 11) is 0. The van der Waals surface area contributed by atoms with Crippen molar-refractivity contribution < 1.29 is 14.1 Å². The second kappa shape index (κ2) is 7.58. The Hall–Kier alpha value is -2.63. The van der Waals surface area contributed by atoms with Crippen LogP contribution in [-0.2, 0) is 4.79 Å². The number of rotatable bonds is 6. The SMILES string of the molecule is CCN(CC(=O)NC(C)C)C(=O)c1cc(-c2ccccc2)on1. The molecule has 0 saturated carbocycles. The van der Waals surface area contributed by atoms with Gasteiger partial charge < -0.3 is 14.7 Å². The van der Waals surface area contributed by atoms with Gasteiger partial charge in [-0.25, -0.2) is 0 Å². The maximum atomic E-state index is 12.5. The Balaban J connectivity index is 2.09. The number of benzene rings is 1. The predicted octanol–water partition coefficient (Wildman–Crippen LogP) is 2.33. The lowest BCUT2D eigenvalue weighted by atomic mass is 10.1. The van der Waals surface area contributed by atoms with Crippen LogP contribution in [0.4, 0.5) is 0 Å². The molecule has 2 aromatic rings. The van der Waals surface area contributed by atoms with Gasteiger partial charge in [-0.3, -0.25) is 9.59 Å². The van der Waals surface area contributed by atoms with E-state index < -0.39 is 0 Å². The maximum Gasteiger partial charge on any atom is 0.276 e. The third-order valence-corrected chi connectivity index (χ3v) is 3.24. The van der Waals surface area contributed by atoms with Crippen molar-refractivity contribution in [3.8, 4) is 11.3 Å². The molecule has 1 aromatic carbocycles. The summed E-state index contributed by atoms with van der Waals surface area (Å²) >= 11 is 0. The molecule has 0 aliphatic carbocycles. The Morgan fingerprint density at radius 2 is 1.96 bits per heavy atom. The maximum absolute atomic E-state index is 12.5. The molecular formula is C17H21N3O3. The molecule has 0 atom stereocenters. The van der Waals surface area contributed by atoms with Crippen LogP contribution in [0, 0.1) is 0 Å². The van der Waals surface area contributed by atoms with Crippen molar-refractivity contribution >= 4 is 11.8 Å². The van der Waals surface area contributed by atoms with Gasteiger partial charge in [0.1, 0.15) is 0 Å². The standard InChI is InChI=1S/C17H21N3O3/c1-4-20(11-16(21)18-12(2)3)17(22)14-10-15(23-19-14)13-8-6-5-7-9-13/h5-10,12H,4,11H2,1-3H3,(H,18,21). The molecule has 1 heterocycles. The first-order valence-electron chi connectivity index (χ1n) is 7.62. The predicted molar refractivity (Wildman–Crippen MR) is 86.8 cm³/mol. The molecule has 2 amide bonds. The molecule has 0 aliphatic rings. The average Bonchev–Trinajstić information content (AvgIpc) is 3.02. The number of aromatic nitrogens is 1. The molecule has 122 valence electrons. The molecular weight excluding hydrogens is 294 g/mol. The lowest BCUT2D eigenvalue weighted by Crippen LogP contribution is -2.42. The van der Waals surface area contributed by atoms with E-state index in [0.717, 1.165) is 5.56 Å². The van der Waals surface area contributed by atoms with Crippen LogP contribution in [0.5, 0.6) is 0 Å². The smallest absolute Gasteiger partial charge is 0.276 e. The molecule has 0 radical (unpaired) electrons.